The Morgan fingerprint density at radius 1 is 1.07 bits per heavy atom. The van der Waals surface area contributed by atoms with Crippen LogP contribution >= 0.6 is 0 Å². The molecule has 0 aliphatic carbocycles. The van der Waals surface area contributed by atoms with Crippen molar-refractivity contribution in [3.63, 3.8) is 0 Å². The molecule has 0 amide bonds. The second-order valence-corrected chi connectivity index (χ2v) is 5.42. The van der Waals surface area contributed by atoms with Crippen molar-refractivity contribution in [3.05, 3.63) is 23.3 Å². The van der Waals surface area contributed by atoms with Gasteiger partial charge >= 0.3 is 0 Å². The first-order valence-electron chi connectivity index (χ1n) is 7.04. The van der Waals surface area contributed by atoms with E-state index in [9.17, 15) is 30.3 Å². The maximum Gasteiger partial charge on any atom is 0.163 e. The van der Waals surface area contributed by atoms with Crippen LogP contribution in [0.4, 0.5) is 0 Å². The third-order valence-corrected chi connectivity index (χ3v) is 3.93. The number of ether oxygens (including phenoxy) is 2. The zero-order valence-corrected chi connectivity index (χ0v) is 34.0. The molecule has 5 atom stereocenters. The summed E-state index contributed by atoms with van der Waals surface area (Å²) >= 11 is 0. The number of carbonyl (C=O) groups excluding carboxylic acids is 1. The fourth-order valence-electron chi connectivity index (χ4n) is 2.63. The van der Waals surface area contributed by atoms with Crippen molar-refractivity contribution in [1.29, 1.82) is 0 Å². The van der Waals surface area contributed by atoms with E-state index in [1.54, 1.807) is 0 Å². The summed E-state index contributed by atoms with van der Waals surface area (Å²) in [5.41, 5.74) is 0.213. The van der Waals surface area contributed by atoms with Gasteiger partial charge in [-0.2, -0.15) is 0 Å². The average molecular weight is 1240 g/mol. The van der Waals surface area contributed by atoms with Crippen LogP contribution in [0.15, 0.2) is 12.1 Å². The fraction of sp³-hybridized carbons (Fsp3) is 0.533. The summed E-state index contributed by atoms with van der Waals surface area (Å²) in [5.74, 6) is -0.560. The number of carbonyl (C=O) groups is 1. The molecule has 27 heavy (non-hydrogen) atoms. The van der Waals surface area contributed by atoms with Crippen LogP contribution in [0, 0.1) is 176 Å². The number of methoxy groups -OCH3 is 1. The van der Waals surface area contributed by atoms with Gasteiger partial charge in [-0.1, -0.05) is 0 Å². The number of hydrogen-bond donors (Lipinski definition) is 5. The molecule has 0 bridgehead atoms. The smallest absolute Gasteiger partial charge is 0.163 e. The van der Waals surface area contributed by atoms with Crippen LogP contribution in [0.3, 0.4) is 0 Å². The quantitative estimate of drug-likeness (QED) is 0.246. The summed E-state index contributed by atoms with van der Waals surface area (Å²) in [6.07, 6.45) is -6.78. The van der Waals surface area contributed by atoms with Crippen molar-refractivity contribution in [2.45, 2.75) is 37.4 Å². The normalized spacial score (nSPS) is 26.4. The predicted molar refractivity (Wildman–Crippen MR) is 77.4 cm³/mol. The maximum absolute atomic E-state index is 11.6. The molecule has 0 saturated carbocycles. The van der Waals surface area contributed by atoms with Gasteiger partial charge in [0.1, 0.15) is 42.0 Å². The Labute approximate surface area is 300 Å². The first-order valence-corrected chi connectivity index (χ1v) is 7.04. The molecule has 5 N–H and O–H groups in total. The number of Topliss-reactive ketones (excluding diaryl/α,β-unsaturated/α-hetero) is 1. The molecule has 1 saturated heterocycles. The summed E-state index contributed by atoms with van der Waals surface area (Å²) in [7, 11) is 1.33. The van der Waals surface area contributed by atoms with E-state index < -0.39 is 42.9 Å². The van der Waals surface area contributed by atoms with Crippen molar-refractivity contribution in [2.24, 2.45) is 0 Å². The molecule has 4 radical (unpaired) electrons. The standard InChI is InChI=1S/C15H20O8.4Ac/c1-6(17)7-3-8(10(22-2)4-9(7)18)15-14(21)13(20)12(19)11(5-16)23-15;;;;/h3-4,11-16,18-21H,5H2,1-2H3;;;;. The van der Waals surface area contributed by atoms with E-state index in [0.29, 0.717) is 0 Å². The zero-order valence-electron chi connectivity index (χ0n) is 15.0. The second kappa shape index (κ2) is 16.6. The summed E-state index contributed by atoms with van der Waals surface area (Å²) in [4.78, 5) is 11.6. The van der Waals surface area contributed by atoms with E-state index in [0.717, 1.165) is 0 Å². The van der Waals surface area contributed by atoms with E-state index in [1.807, 2.05) is 0 Å². The summed E-state index contributed by atoms with van der Waals surface area (Å²) in [6, 6.07) is 2.50. The van der Waals surface area contributed by atoms with Crippen LogP contribution in [0.25, 0.3) is 0 Å². The Balaban J connectivity index is -0.00000144. The van der Waals surface area contributed by atoms with Gasteiger partial charge in [0.15, 0.2) is 5.78 Å². The van der Waals surface area contributed by atoms with Gasteiger partial charge in [0, 0.05) is 188 Å². The number of phenolic OH excluding ortho intramolecular Hbond substituents is 1. The van der Waals surface area contributed by atoms with Crippen molar-refractivity contribution in [2.75, 3.05) is 13.7 Å². The second-order valence-electron chi connectivity index (χ2n) is 5.42. The molecular weight excluding hydrogens is 1220 g/mol. The van der Waals surface area contributed by atoms with Gasteiger partial charge < -0.3 is 35.0 Å². The monoisotopic (exact) mass is 1240 g/mol. The summed E-state index contributed by atoms with van der Waals surface area (Å²) in [5, 5.41) is 48.9. The molecule has 0 spiro atoms. The maximum atomic E-state index is 11.6. The Kier molecular flexibility index (Phi) is 22.0. The van der Waals surface area contributed by atoms with E-state index in [4.69, 9.17) is 9.47 Å². The number of ketones is 1. The van der Waals surface area contributed by atoms with Gasteiger partial charge in [0.05, 0.1) is 19.3 Å². The van der Waals surface area contributed by atoms with Crippen molar-refractivity contribution >= 4 is 5.78 Å². The number of rotatable bonds is 4. The minimum absolute atomic E-state index is 0. The number of hydrogen-bond acceptors (Lipinski definition) is 8. The minimum atomic E-state index is -1.55. The third-order valence-electron chi connectivity index (χ3n) is 3.93. The molecule has 1 aromatic rings. The Morgan fingerprint density at radius 3 is 2.07 bits per heavy atom. The van der Waals surface area contributed by atoms with Crippen molar-refractivity contribution < 1.29 is 216 Å². The molecule has 1 aromatic carbocycles. The summed E-state index contributed by atoms with van der Waals surface area (Å²) < 4.78 is 10.6. The van der Waals surface area contributed by atoms with Crippen LogP contribution in [0.1, 0.15) is 28.9 Å². The first kappa shape index (κ1) is 35.6. The van der Waals surface area contributed by atoms with E-state index in [-0.39, 0.29) is 199 Å². The third kappa shape index (κ3) is 8.73. The van der Waals surface area contributed by atoms with Gasteiger partial charge in [0.2, 0.25) is 0 Å². The van der Waals surface area contributed by atoms with E-state index in [1.165, 1.54) is 26.2 Å². The zero-order chi connectivity index (χ0) is 17.3. The molecule has 1 aliphatic heterocycles. The van der Waals surface area contributed by atoms with Crippen LogP contribution in [-0.2, 0) is 4.74 Å². The van der Waals surface area contributed by atoms with Crippen molar-refractivity contribution in [3.8, 4) is 11.5 Å². The van der Waals surface area contributed by atoms with Gasteiger partial charge in [-0.3, -0.25) is 4.79 Å². The van der Waals surface area contributed by atoms with Crippen LogP contribution < -0.4 is 4.74 Å². The minimum Gasteiger partial charge on any atom is -0.507 e. The first-order chi connectivity index (χ1) is 10.8. The molecule has 8 nitrogen and oxygen atoms in total. The number of aromatic hydroxyl groups is 1. The molecule has 1 fully saturated rings. The van der Waals surface area contributed by atoms with Gasteiger partial charge in [-0.25, -0.2) is 0 Å². The number of aliphatic hydroxyl groups excluding tert-OH is 4. The Morgan fingerprint density at radius 2 is 1.63 bits per heavy atom. The number of phenols is 1. The fourth-order valence-corrected chi connectivity index (χ4v) is 2.63. The van der Waals surface area contributed by atoms with Crippen LogP contribution in [-0.4, -0.2) is 69.4 Å². The molecule has 12 heteroatoms. The molecular formula is C15H20Ac4O8. The van der Waals surface area contributed by atoms with E-state index in [2.05, 4.69) is 0 Å². The van der Waals surface area contributed by atoms with Crippen molar-refractivity contribution in [1.82, 2.24) is 0 Å². The van der Waals surface area contributed by atoms with Gasteiger partial charge in [0.25, 0.3) is 0 Å². The Hall–Kier alpha value is 4.06. The number of aliphatic hydroxyl groups is 4. The molecule has 2 rings (SSSR count). The van der Waals surface area contributed by atoms with Crippen LogP contribution in [0.2, 0.25) is 0 Å². The molecule has 5 unspecified atom stereocenters. The van der Waals surface area contributed by atoms with E-state index >= 15 is 0 Å². The predicted octanol–water partition coefficient (Wildman–Crippen LogP) is -0.882. The SMILES string of the molecule is COc1cc(O)c(C(C)=O)cc1C1OC(CO)C(O)C(O)C1O.[Ac].[Ac].[Ac].[Ac]. The molecule has 1 aliphatic rings. The molecule has 1 heterocycles. The summed E-state index contributed by atoms with van der Waals surface area (Å²) in [6.45, 7) is 0.694. The van der Waals surface area contributed by atoms with Gasteiger partial charge in [-0.05, 0) is 13.0 Å². The van der Waals surface area contributed by atoms with Gasteiger partial charge in [-0.15, -0.1) is 0 Å². The molecule has 140 valence electrons. The topological polar surface area (TPSA) is 137 Å². The average Bonchev–Trinajstić information content (AvgIpc) is 2.52. The van der Waals surface area contributed by atoms with Crippen LogP contribution in [0.5, 0.6) is 11.5 Å². The number of benzene rings is 1. The Bertz CT molecular complexity index is 601. The molecule has 0 aromatic heterocycles. The largest absolute Gasteiger partial charge is 0.507 e.